The summed E-state index contributed by atoms with van der Waals surface area (Å²) in [7, 11) is 3.84. The summed E-state index contributed by atoms with van der Waals surface area (Å²) in [5, 5.41) is 2.84. The zero-order chi connectivity index (χ0) is 13.1. The van der Waals surface area contributed by atoms with E-state index in [1.807, 2.05) is 4.90 Å². The van der Waals surface area contributed by atoms with Gasteiger partial charge in [-0.3, -0.25) is 4.90 Å². The largest absolute Gasteiger partial charge is 0.357 e. The Kier molecular flexibility index (Phi) is 3.96. The van der Waals surface area contributed by atoms with Crippen LogP contribution in [0.2, 0.25) is 0 Å². The summed E-state index contributed by atoms with van der Waals surface area (Å²) in [6.45, 7) is 4.69. The quantitative estimate of drug-likeness (QED) is 0.876. The molecule has 2 heterocycles. The van der Waals surface area contributed by atoms with E-state index in [0.29, 0.717) is 17.8 Å². The Hall–Kier alpha value is -1.43. The van der Waals surface area contributed by atoms with Crippen molar-refractivity contribution in [2.24, 2.45) is 0 Å². The minimum atomic E-state index is -0.353. The fourth-order valence-electron chi connectivity index (χ4n) is 2.28. The maximum absolute atomic E-state index is 13.8. The number of nitrogens with one attached hydrogen (secondary N) is 1. The van der Waals surface area contributed by atoms with E-state index in [2.05, 4.69) is 34.2 Å². The van der Waals surface area contributed by atoms with Gasteiger partial charge < -0.3 is 10.2 Å². The molecule has 1 fully saturated rings. The van der Waals surface area contributed by atoms with Crippen molar-refractivity contribution in [3.63, 3.8) is 0 Å². The van der Waals surface area contributed by atoms with E-state index in [1.54, 1.807) is 7.05 Å². The summed E-state index contributed by atoms with van der Waals surface area (Å²) in [6.07, 6.45) is 2.28. The second kappa shape index (κ2) is 5.48. The van der Waals surface area contributed by atoms with Gasteiger partial charge in [-0.15, -0.1) is 0 Å². The highest BCUT2D eigenvalue weighted by molar-refractivity contribution is 5.44. The Morgan fingerprint density at radius 1 is 1.50 bits per heavy atom. The molecule has 0 aromatic carbocycles. The van der Waals surface area contributed by atoms with Crippen LogP contribution in [0.1, 0.15) is 13.3 Å². The van der Waals surface area contributed by atoms with E-state index in [9.17, 15) is 4.39 Å². The zero-order valence-electron chi connectivity index (χ0n) is 11.1. The van der Waals surface area contributed by atoms with Gasteiger partial charge in [0, 0.05) is 32.7 Å². The summed E-state index contributed by atoms with van der Waals surface area (Å²) in [5.41, 5.74) is 0. The molecule has 5 nitrogen and oxygen atoms in total. The van der Waals surface area contributed by atoms with Gasteiger partial charge in [-0.05, 0) is 13.5 Å². The molecule has 1 aromatic heterocycles. The van der Waals surface area contributed by atoms with Crippen molar-refractivity contribution in [1.29, 1.82) is 0 Å². The highest BCUT2D eigenvalue weighted by atomic mass is 19.1. The van der Waals surface area contributed by atoms with E-state index in [1.165, 1.54) is 6.20 Å². The predicted molar refractivity (Wildman–Crippen MR) is 70.5 cm³/mol. The number of aromatic nitrogens is 2. The number of likely N-dealkylation sites (N-methyl/N-ethyl adjacent to an activating group) is 1. The third-order valence-electron chi connectivity index (χ3n) is 3.50. The standard InChI is InChI=1S/C12H20FN5/c1-4-9-8-18(6-5-17(9)3)11-10(13)7-15-12(14-2)16-11/h7,9H,4-6,8H2,1-3H3,(H,14,15,16). The number of halogens is 1. The molecule has 1 atom stereocenters. The van der Waals surface area contributed by atoms with Crippen molar-refractivity contribution >= 4 is 11.8 Å². The number of hydrogen-bond donors (Lipinski definition) is 1. The molecule has 18 heavy (non-hydrogen) atoms. The maximum atomic E-state index is 13.8. The molecular formula is C12H20FN5. The Bertz CT molecular complexity index is 411. The van der Waals surface area contributed by atoms with Crippen LogP contribution in [0, 0.1) is 5.82 Å². The van der Waals surface area contributed by atoms with Gasteiger partial charge in [0.05, 0.1) is 6.20 Å². The monoisotopic (exact) mass is 253 g/mol. The van der Waals surface area contributed by atoms with Crippen LogP contribution < -0.4 is 10.2 Å². The Morgan fingerprint density at radius 3 is 2.94 bits per heavy atom. The van der Waals surface area contributed by atoms with Crippen LogP contribution >= 0.6 is 0 Å². The average Bonchev–Trinajstić information content (AvgIpc) is 2.40. The third kappa shape index (κ3) is 2.53. The smallest absolute Gasteiger partial charge is 0.224 e. The molecule has 0 radical (unpaired) electrons. The first-order valence-electron chi connectivity index (χ1n) is 6.31. The van der Waals surface area contributed by atoms with E-state index in [0.717, 1.165) is 26.1 Å². The normalized spacial score (nSPS) is 21.1. The number of hydrogen-bond acceptors (Lipinski definition) is 5. The van der Waals surface area contributed by atoms with Crippen LogP contribution in [0.25, 0.3) is 0 Å². The van der Waals surface area contributed by atoms with Gasteiger partial charge in [0.25, 0.3) is 0 Å². The van der Waals surface area contributed by atoms with Gasteiger partial charge in [0.15, 0.2) is 11.6 Å². The van der Waals surface area contributed by atoms with Crippen molar-refractivity contribution in [3.05, 3.63) is 12.0 Å². The van der Waals surface area contributed by atoms with E-state index in [4.69, 9.17) is 0 Å². The molecular weight excluding hydrogens is 233 g/mol. The first-order valence-corrected chi connectivity index (χ1v) is 6.31. The van der Waals surface area contributed by atoms with Gasteiger partial charge in [-0.1, -0.05) is 6.92 Å². The van der Waals surface area contributed by atoms with Gasteiger partial charge in [0.1, 0.15) is 0 Å². The lowest BCUT2D eigenvalue weighted by atomic mass is 10.1. The third-order valence-corrected chi connectivity index (χ3v) is 3.50. The molecule has 0 amide bonds. The summed E-state index contributed by atoms with van der Waals surface area (Å²) in [6, 6.07) is 0.450. The average molecular weight is 253 g/mol. The van der Waals surface area contributed by atoms with Crippen molar-refractivity contribution in [2.75, 3.05) is 43.9 Å². The molecule has 1 aromatic rings. The molecule has 1 aliphatic rings. The lowest BCUT2D eigenvalue weighted by Crippen LogP contribution is -2.51. The molecule has 1 N–H and O–H groups in total. The molecule has 0 saturated carbocycles. The van der Waals surface area contributed by atoms with Gasteiger partial charge in [-0.2, -0.15) is 4.98 Å². The Morgan fingerprint density at radius 2 is 2.28 bits per heavy atom. The van der Waals surface area contributed by atoms with Crippen molar-refractivity contribution < 1.29 is 4.39 Å². The SMILES string of the molecule is CCC1CN(c2nc(NC)ncc2F)CCN1C. The summed E-state index contributed by atoms with van der Waals surface area (Å²) < 4.78 is 13.8. The summed E-state index contributed by atoms with van der Waals surface area (Å²) >= 11 is 0. The molecule has 6 heteroatoms. The van der Waals surface area contributed by atoms with E-state index in [-0.39, 0.29) is 5.82 Å². The minimum Gasteiger partial charge on any atom is -0.357 e. The topological polar surface area (TPSA) is 44.3 Å². The van der Waals surface area contributed by atoms with Crippen LogP contribution in [0.3, 0.4) is 0 Å². The fraction of sp³-hybridized carbons (Fsp3) is 0.667. The lowest BCUT2D eigenvalue weighted by molar-refractivity contribution is 0.212. The number of nitrogens with zero attached hydrogens (tertiary/aromatic N) is 4. The van der Waals surface area contributed by atoms with E-state index < -0.39 is 0 Å². The van der Waals surface area contributed by atoms with Crippen LogP contribution in [0.15, 0.2) is 6.20 Å². The number of piperazine rings is 1. The minimum absolute atomic E-state index is 0.353. The maximum Gasteiger partial charge on any atom is 0.224 e. The van der Waals surface area contributed by atoms with Crippen molar-refractivity contribution in [2.45, 2.75) is 19.4 Å². The fourth-order valence-corrected chi connectivity index (χ4v) is 2.28. The number of rotatable bonds is 3. The molecule has 1 aliphatic heterocycles. The predicted octanol–water partition coefficient (Wildman–Crippen LogP) is 1.19. The Balaban J connectivity index is 2.20. The van der Waals surface area contributed by atoms with E-state index >= 15 is 0 Å². The molecule has 1 unspecified atom stereocenters. The summed E-state index contributed by atoms with van der Waals surface area (Å²) in [4.78, 5) is 12.4. The molecule has 100 valence electrons. The Labute approximate surface area is 107 Å². The van der Waals surface area contributed by atoms with Crippen LogP contribution in [0.4, 0.5) is 16.2 Å². The second-order valence-corrected chi connectivity index (χ2v) is 4.60. The van der Waals surface area contributed by atoms with Gasteiger partial charge >= 0.3 is 0 Å². The molecule has 0 spiro atoms. The highest BCUT2D eigenvalue weighted by Crippen LogP contribution is 2.21. The second-order valence-electron chi connectivity index (χ2n) is 4.60. The van der Waals surface area contributed by atoms with Crippen LogP contribution in [-0.2, 0) is 0 Å². The molecule has 2 rings (SSSR count). The lowest BCUT2D eigenvalue weighted by Gasteiger charge is -2.39. The summed E-state index contributed by atoms with van der Waals surface area (Å²) in [5.74, 6) is 0.507. The van der Waals surface area contributed by atoms with Gasteiger partial charge in [0.2, 0.25) is 5.95 Å². The van der Waals surface area contributed by atoms with Crippen LogP contribution in [0.5, 0.6) is 0 Å². The molecule has 0 aliphatic carbocycles. The first kappa shape index (κ1) is 13.0. The molecule has 1 saturated heterocycles. The number of anilines is 2. The van der Waals surface area contributed by atoms with Crippen molar-refractivity contribution in [3.8, 4) is 0 Å². The first-order chi connectivity index (χ1) is 8.65. The van der Waals surface area contributed by atoms with Crippen LogP contribution in [-0.4, -0.2) is 54.6 Å². The molecule has 0 bridgehead atoms. The van der Waals surface area contributed by atoms with Crippen molar-refractivity contribution in [1.82, 2.24) is 14.9 Å². The highest BCUT2D eigenvalue weighted by Gasteiger charge is 2.25. The zero-order valence-corrected chi connectivity index (χ0v) is 11.1. The van der Waals surface area contributed by atoms with Gasteiger partial charge in [-0.25, -0.2) is 9.37 Å².